The fraction of sp³-hybridized carbons (Fsp3) is 0.227. The third-order valence-electron chi connectivity index (χ3n) is 4.23. The minimum absolute atomic E-state index is 0.171. The lowest BCUT2D eigenvalue weighted by molar-refractivity contribution is -0.684. The number of aryl methyl sites for hydroxylation is 1. The number of carbonyl (C=O) groups excluding carboxylic acids is 2. The number of anilines is 1. The van der Waals surface area contributed by atoms with Gasteiger partial charge in [-0.1, -0.05) is 37.3 Å². The van der Waals surface area contributed by atoms with Crippen LogP contribution in [0.25, 0.3) is 10.4 Å². The third kappa shape index (κ3) is 4.84. The normalized spacial score (nSPS) is 10.5. The minimum atomic E-state index is -0.434. The van der Waals surface area contributed by atoms with Crippen LogP contribution in [-0.4, -0.2) is 18.5 Å². The number of aromatic nitrogens is 1. The zero-order valence-electron chi connectivity index (χ0n) is 16.0. The quantitative estimate of drug-likeness (QED) is 0.484. The number of rotatable bonds is 7. The molecule has 0 aliphatic rings. The fourth-order valence-electron chi connectivity index (χ4n) is 2.75. The second kappa shape index (κ2) is 9.28. The average molecular weight is 396 g/mol. The molecule has 144 valence electrons. The first kappa shape index (κ1) is 19.8. The highest BCUT2D eigenvalue weighted by atomic mass is 32.1. The smallest absolute Gasteiger partial charge is 0.341 e. The Morgan fingerprint density at radius 2 is 1.79 bits per heavy atom. The van der Waals surface area contributed by atoms with Crippen LogP contribution < -0.4 is 9.88 Å². The Balaban J connectivity index is 1.81. The van der Waals surface area contributed by atoms with Gasteiger partial charge in [-0.25, -0.2) is 4.79 Å². The maximum absolute atomic E-state index is 12.5. The van der Waals surface area contributed by atoms with Crippen molar-refractivity contribution in [2.45, 2.75) is 26.8 Å². The number of ether oxygens (including phenoxy) is 1. The molecule has 0 unspecified atom stereocenters. The van der Waals surface area contributed by atoms with Crippen LogP contribution in [0.4, 0.5) is 5.00 Å². The maximum Gasteiger partial charge on any atom is 0.341 e. The number of nitrogens with one attached hydrogen (secondary N) is 1. The van der Waals surface area contributed by atoms with Gasteiger partial charge in [0.2, 0.25) is 6.54 Å². The molecule has 0 bridgehead atoms. The number of thiophene rings is 1. The average Bonchev–Trinajstić information content (AvgIpc) is 3.13. The molecule has 1 N–H and O–H groups in total. The summed E-state index contributed by atoms with van der Waals surface area (Å²) in [6.45, 7) is 4.30. The second-order valence-corrected chi connectivity index (χ2v) is 7.27. The van der Waals surface area contributed by atoms with E-state index in [9.17, 15) is 9.59 Å². The molecule has 0 spiro atoms. The van der Waals surface area contributed by atoms with E-state index in [2.05, 4.69) is 12.2 Å². The van der Waals surface area contributed by atoms with Crippen LogP contribution in [0.15, 0.2) is 60.9 Å². The van der Waals surface area contributed by atoms with Gasteiger partial charge in [0.25, 0.3) is 5.91 Å². The highest BCUT2D eigenvalue weighted by Crippen LogP contribution is 2.35. The van der Waals surface area contributed by atoms with E-state index in [0.29, 0.717) is 10.6 Å². The van der Waals surface area contributed by atoms with Gasteiger partial charge < -0.3 is 10.1 Å². The third-order valence-corrected chi connectivity index (χ3v) is 5.33. The summed E-state index contributed by atoms with van der Waals surface area (Å²) in [4.78, 5) is 25.8. The van der Waals surface area contributed by atoms with Gasteiger partial charge in [0.15, 0.2) is 12.4 Å². The van der Waals surface area contributed by atoms with E-state index >= 15 is 0 Å². The van der Waals surface area contributed by atoms with Crippen LogP contribution >= 0.6 is 11.3 Å². The first-order valence-corrected chi connectivity index (χ1v) is 10.1. The Hall–Kier alpha value is -2.99. The van der Waals surface area contributed by atoms with Gasteiger partial charge in [-0.3, -0.25) is 4.79 Å². The molecular formula is C22H23N2O3S+. The highest BCUT2D eigenvalue weighted by Gasteiger charge is 2.21. The molecule has 0 saturated carbocycles. The predicted octanol–water partition coefficient (Wildman–Crippen LogP) is 4.08. The van der Waals surface area contributed by atoms with Crippen LogP contribution in [-0.2, 0) is 22.5 Å². The molecule has 0 saturated heterocycles. The fourth-order valence-corrected chi connectivity index (χ4v) is 3.82. The van der Waals surface area contributed by atoms with Gasteiger partial charge in [-0.05, 0) is 30.5 Å². The van der Waals surface area contributed by atoms with Crippen LogP contribution in [0, 0.1) is 0 Å². The molecule has 5 nitrogen and oxygen atoms in total. The van der Waals surface area contributed by atoms with Gasteiger partial charge in [0, 0.05) is 17.0 Å². The van der Waals surface area contributed by atoms with Gasteiger partial charge in [0.05, 0.1) is 12.2 Å². The van der Waals surface area contributed by atoms with Crippen LogP contribution in [0.1, 0.15) is 29.8 Å². The highest BCUT2D eigenvalue weighted by molar-refractivity contribution is 7.20. The van der Waals surface area contributed by atoms with E-state index < -0.39 is 5.97 Å². The largest absolute Gasteiger partial charge is 0.462 e. The summed E-state index contributed by atoms with van der Waals surface area (Å²) in [5.41, 5.74) is 2.58. The molecule has 3 aromatic rings. The number of hydrogen-bond donors (Lipinski definition) is 1. The Morgan fingerprint density at radius 1 is 1.07 bits per heavy atom. The monoisotopic (exact) mass is 395 g/mol. The predicted molar refractivity (Wildman–Crippen MR) is 110 cm³/mol. The molecule has 6 heteroatoms. The summed E-state index contributed by atoms with van der Waals surface area (Å²) in [6, 6.07) is 15.5. The van der Waals surface area contributed by atoms with Crippen molar-refractivity contribution >= 4 is 28.2 Å². The molecule has 2 heterocycles. The van der Waals surface area contributed by atoms with Crippen molar-refractivity contribution in [1.29, 1.82) is 0 Å². The SMILES string of the molecule is CCOC(=O)c1cc(-c2ccccc2)sc1NC(=O)C[n+]1ccc(CC)cc1. The Labute approximate surface area is 168 Å². The van der Waals surface area contributed by atoms with Crippen molar-refractivity contribution in [2.24, 2.45) is 0 Å². The van der Waals surface area contributed by atoms with Crippen molar-refractivity contribution in [3.8, 4) is 10.4 Å². The lowest BCUT2D eigenvalue weighted by Crippen LogP contribution is -2.39. The lowest BCUT2D eigenvalue weighted by atomic mass is 10.1. The van der Waals surface area contributed by atoms with E-state index in [1.54, 1.807) is 13.0 Å². The number of pyridine rings is 1. The molecule has 28 heavy (non-hydrogen) atoms. The Bertz CT molecular complexity index is 950. The Morgan fingerprint density at radius 3 is 2.43 bits per heavy atom. The molecule has 1 amide bonds. The maximum atomic E-state index is 12.5. The van der Waals surface area contributed by atoms with Gasteiger partial charge in [-0.2, -0.15) is 4.57 Å². The van der Waals surface area contributed by atoms with Crippen LogP contribution in [0.3, 0.4) is 0 Å². The molecule has 1 aromatic carbocycles. The molecule has 0 aliphatic carbocycles. The minimum Gasteiger partial charge on any atom is -0.462 e. The van der Waals surface area contributed by atoms with Gasteiger partial charge in [-0.15, -0.1) is 11.3 Å². The van der Waals surface area contributed by atoms with E-state index in [0.717, 1.165) is 16.9 Å². The molecule has 0 aliphatic heterocycles. The number of carbonyl (C=O) groups is 2. The van der Waals surface area contributed by atoms with Gasteiger partial charge in [0.1, 0.15) is 5.00 Å². The van der Waals surface area contributed by atoms with E-state index in [1.165, 1.54) is 16.9 Å². The van der Waals surface area contributed by atoms with Gasteiger partial charge >= 0.3 is 5.97 Å². The molecule has 0 atom stereocenters. The van der Waals surface area contributed by atoms with Crippen molar-refractivity contribution < 1.29 is 18.9 Å². The molecule has 0 radical (unpaired) electrons. The van der Waals surface area contributed by atoms with Crippen molar-refractivity contribution in [2.75, 3.05) is 11.9 Å². The first-order valence-electron chi connectivity index (χ1n) is 9.25. The zero-order chi connectivity index (χ0) is 19.9. The molecule has 3 rings (SSSR count). The van der Waals surface area contributed by atoms with E-state index in [4.69, 9.17) is 4.74 Å². The molecular weight excluding hydrogens is 372 g/mol. The molecule has 2 aromatic heterocycles. The van der Waals surface area contributed by atoms with Crippen LogP contribution in [0.2, 0.25) is 0 Å². The second-order valence-electron chi connectivity index (χ2n) is 6.22. The standard InChI is InChI=1S/C22H22N2O3S/c1-3-16-10-12-24(13-11-16)15-20(25)23-21-18(22(26)27-4-2)14-19(28-21)17-8-6-5-7-9-17/h5-14H,3-4,15H2,1-2H3/p+1. The Kier molecular flexibility index (Phi) is 6.55. The van der Waals surface area contributed by atoms with Crippen molar-refractivity contribution in [3.63, 3.8) is 0 Å². The summed E-state index contributed by atoms with van der Waals surface area (Å²) in [7, 11) is 0. The van der Waals surface area contributed by atoms with Crippen molar-refractivity contribution in [1.82, 2.24) is 0 Å². The van der Waals surface area contributed by atoms with Crippen LogP contribution in [0.5, 0.6) is 0 Å². The summed E-state index contributed by atoms with van der Waals surface area (Å²) < 4.78 is 6.96. The molecule has 0 fully saturated rings. The first-order chi connectivity index (χ1) is 13.6. The number of amides is 1. The zero-order valence-corrected chi connectivity index (χ0v) is 16.8. The summed E-state index contributed by atoms with van der Waals surface area (Å²) in [5.74, 6) is -0.627. The topological polar surface area (TPSA) is 59.3 Å². The summed E-state index contributed by atoms with van der Waals surface area (Å²) >= 11 is 1.37. The summed E-state index contributed by atoms with van der Waals surface area (Å²) in [6.07, 6.45) is 4.72. The van der Waals surface area contributed by atoms with E-state index in [-0.39, 0.29) is 19.1 Å². The lowest BCUT2D eigenvalue weighted by Gasteiger charge is -2.04. The number of nitrogens with zero attached hydrogens (tertiary/aromatic N) is 1. The van der Waals surface area contributed by atoms with Crippen molar-refractivity contribution in [3.05, 3.63) is 72.1 Å². The van der Waals surface area contributed by atoms with E-state index in [1.807, 2.05) is 59.4 Å². The number of esters is 1. The number of hydrogen-bond acceptors (Lipinski definition) is 4. The summed E-state index contributed by atoms with van der Waals surface area (Å²) in [5, 5.41) is 3.38. The number of benzene rings is 1.